The summed E-state index contributed by atoms with van der Waals surface area (Å²) in [7, 11) is 1.67. The Morgan fingerprint density at radius 1 is 1.09 bits per heavy atom. The summed E-state index contributed by atoms with van der Waals surface area (Å²) in [6.45, 7) is 8.81. The highest BCUT2D eigenvalue weighted by molar-refractivity contribution is 14.1. The van der Waals surface area contributed by atoms with Crippen LogP contribution in [0.1, 0.15) is 74.9 Å². The lowest BCUT2D eigenvalue weighted by Gasteiger charge is -2.23. The Hall–Kier alpha value is -1.81. The van der Waals surface area contributed by atoms with Crippen LogP contribution in [0.2, 0.25) is 0 Å². The van der Waals surface area contributed by atoms with Crippen LogP contribution in [-0.4, -0.2) is 45.6 Å². The van der Waals surface area contributed by atoms with E-state index in [0.717, 1.165) is 37.2 Å². The van der Waals surface area contributed by atoms with Gasteiger partial charge in [-0.15, -0.1) is 0 Å². The SMILES string of the molecule is COCc1c(C(C)C)nc(C(C)C)c(/C=C/[C@@H](O)C[C@@H](O)CC(=O)O)c1-c1ccc(I)cc1. The molecule has 0 aliphatic heterocycles. The number of hydrogen-bond acceptors (Lipinski definition) is 5. The van der Waals surface area contributed by atoms with E-state index >= 15 is 0 Å². The molecule has 0 bridgehead atoms. The predicted molar refractivity (Wildman–Crippen MR) is 139 cm³/mol. The zero-order valence-electron chi connectivity index (χ0n) is 19.9. The van der Waals surface area contributed by atoms with Crippen molar-refractivity contribution in [2.75, 3.05) is 7.11 Å². The van der Waals surface area contributed by atoms with E-state index in [4.69, 9.17) is 14.8 Å². The Balaban J connectivity index is 2.69. The van der Waals surface area contributed by atoms with Crippen molar-refractivity contribution in [2.24, 2.45) is 0 Å². The van der Waals surface area contributed by atoms with Gasteiger partial charge in [0.25, 0.3) is 0 Å². The number of rotatable bonds is 11. The van der Waals surface area contributed by atoms with Crippen LogP contribution in [0.25, 0.3) is 17.2 Å². The minimum absolute atomic E-state index is 0.0545. The van der Waals surface area contributed by atoms with Gasteiger partial charge in [-0.1, -0.05) is 52.0 Å². The number of benzene rings is 1. The van der Waals surface area contributed by atoms with Crippen LogP contribution in [0.3, 0.4) is 0 Å². The van der Waals surface area contributed by atoms with E-state index in [0.29, 0.717) is 6.61 Å². The summed E-state index contributed by atoms with van der Waals surface area (Å²) in [5, 5.41) is 29.2. The summed E-state index contributed by atoms with van der Waals surface area (Å²) >= 11 is 2.28. The molecule has 0 fully saturated rings. The minimum Gasteiger partial charge on any atom is -0.481 e. The van der Waals surface area contributed by atoms with Crippen molar-refractivity contribution in [2.45, 2.75) is 71.2 Å². The van der Waals surface area contributed by atoms with Gasteiger partial charge in [-0.05, 0) is 57.7 Å². The third kappa shape index (κ3) is 7.60. The third-order valence-electron chi connectivity index (χ3n) is 5.32. The fourth-order valence-corrected chi connectivity index (χ4v) is 4.21. The molecule has 180 valence electrons. The lowest BCUT2D eigenvalue weighted by molar-refractivity contribution is -0.139. The number of methoxy groups -OCH3 is 1. The minimum atomic E-state index is -1.12. The van der Waals surface area contributed by atoms with Crippen LogP contribution in [0.4, 0.5) is 0 Å². The number of nitrogens with zero attached hydrogens (tertiary/aromatic N) is 1. The highest BCUT2D eigenvalue weighted by Crippen LogP contribution is 2.38. The zero-order valence-corrected chi connectivity index (χ0v) is 22.0. The molecule has 7 heteroatoms. The first kappa shape index (κ1) is 27.4. The van der Waals surface area contributed by atoms with Gasteiger partial charge in [-0.25, -0.2) is 0 Å². The van der Waals surface area contributed by atoms with Crippen LogP contribution in [-0.2, 0) is 16.1 Å². The summed E-state index contributed by atoms with van der Waals surface area (Å²) in [5.74, 6) is -0.763. The summed E-state index contributed by atoms with van der Waals surface area (Å²) in [6, 6.07) is 8.27. The second-order valence-corrected chi connectivity index (χ2v) is 10.1. The number of aliphatic hydroxyl groups is 2. The summed E-state index contributed by atoms with van der Waals surface area (Å²) in [4.78, 5) is 15.9. The largest absolute Gasteiger partial charge is 0.481 e. The number of hydrogen-bond donors (Lipinski definition) is 3. The highest BCUT2D eigenvalue weighted by Gasteiger charge is 2.23. The fraction of sp³-hybridized carbons (Fsp3) is 0.462. The van der Waals surface area contributed by atoms with E-state index in [1.165, 1.54) is 0 Å². The Labute approximate surface area is 209 Å². The quantitative estimate of drug-likeness (QED) is 0.317. The molecule has 2 atom stereocenters. The van der Waals surface area contributed by atoms with Gasteiger partial charge in [0, 0.05) is 33.9 Å². The maximum absolute atomic E-state index is 10.8. The molecule has 2 aromatic rings. The standard InChI is InChI=1S/C26H34INO5/c1-15(2)25-21(11-10-19(29)12-20(30)13-23(31)32)24(17-6-8-18(27)9-7-17)22(14-33-5)26(28-25)16(3)4/h6-11,15-16,19-20,29-30H,12-14H2,1-5H3,(H,31,32)/b11-10+/t19-,20-/m1/s1. The van der Waals surface area contributed by atoms with Gasteiger partial charge in [0.05, 0.1) is 30.9 Å². The molecule has 33 heavy (non-hydrogen) atoms. The van der Waals surface area contributed by atoms with Gasteiger partial charge >= 0.3 is 5.97 Å². The number of carboxylic acids is 1. The number of aliphatic hydroxyl groups excluding tert-OH is 2. The molecule has 1 heterocycles. The van der Waals surface area contributed by atoms with Crippen LogP contribution in [0, 0.1) is 3.57 Å². The van der Waals surface area contributed by atoms with E-state index in [1.807, 2.05) is 6.08 Å². The summed E-state index contributed by atoms with van der Waals surface area (Å²) < 4.78 is 6.70. The number of carboxylic acid groups (broad SMARTS) is 1. The van der Waals surface area contributed by atoms with Gasteiger partial charge in [0.1, 0.15) is 0 Å². The maximum atomic E-state index is 10.8. The van der Waals surface area contributed by atoms with Crippen molar-refractivity contribution < 1.29 is 24.9 Å². The van der Waals surface area contributed by atoms with Crippen LogP contribution in [0.5, 0.6) is 0 Å². The lowest BCUT2D eigenvalue weighted by atomic mass is 9.87. The molecule has 1 aromatic carbocycles. The topological polar surface area (TPSA) is 99.9 Å². The van der Waals surface area contributed by atoms with E-state index in [1.54, 1.807) is 13.2 Å². The average molecular weight is 567 g/mol. The molecule has 0 saturated heterocycles. The normalized spacial score (nSPS) is 13.8. The smallest absolute Gasteiger partial charge is 0.305 e. The molecule has 0 aliphatic rings. The Morgan fingerprint density at radius 2 is 1.70 bits per heavy atom. The van der Waals surface area contributed by atoms with Gasteiger partial charge in [-0.2, -0.15) is 0 Å². The Bertz CT molecular complexity index is 970. The van der Waals surface area contributed by atoms with Crippen molar-refractivity contribution in [1.29, 1.82) is 0 Å². The molecule has 6 nitrogen and oxygen atoms in total. The number of carbonyl (C=O) groups is 1. The maximum Gasteiger partial charge on any atom is 0.305 e. The first-order valence-corrected chi connectivity index (χ1v) is 12.2. The third-order valence-corrected chi connectivity index (χ3v) is 6.04. The van der Waals surface area contributed by atoms with E-state index in [2.05, 4.69) is 74.6 Å². The lowest BCUT2D eigenvalue weighted by Crippen LogP contribution is -2.19. The highest BCUT2D eigenvalue weighted by atomic mass is 127. The first-order chi connectivity index (χ1) is 15.5. The van der Waals surface area contributed by atoms with Crippen molar-refractivity contribution in [3.63, 3.8) is 0 Å². The molecular formula is C26H34INO5. The second-order valence-electron chi connectivity index (χ2n) is 8.81. The van der Waals surface area contributed by atoms with Gasteiger partial charge < -0.3 is 20.1 Å². The molecular weight excluding hydrogens is 533 g/mol. The Morgan fingerprint density at radius 3 is 2.21 bits per heavy atom. The predicted octanol–water partition coefficient (Wildman–Crippen LogP) is 5.35. The number of ether oxygens (including phenoxy) is 1. The van der Waals surface area contributed by atoms with Crippen LogP contribution >= 0.6 is 22.6 Å². The van der Waals surface area contributed by atoms with Crippen molar-refractivity contribution in [3.05, 3.63) is 56.4 Å². The number of aromatic nitrogens is 1. The summed E-state index contributed by atoms with van der Waals surface area (Å²) in [5.41, 5.74) is 5.87. The monoisotopic (exact) mass is 567 g/mol. The van der Waals surface area contributed by atoms with E-state index in [-0.39, 0.29) is 18.3 Å². The molecule has 1 aromatic heterocycles. The van der Waals surface area contributed by atoms with Gasteiger partial charge in [0.2, 0.25) is 0 Å². The molecule has 0 amide bonds. The number of halogens is 1. The zero-order chi connectivity index (χ0) is 24.7. The van der Waals surface area contributed by atoms with Crippen molar-refractivity contribution in [3.8, 4) is 11.1 Å². The number of pyridine rings is 1. The van der Waals surface area contributed by atoms with Crippen molar-refractivity contribution >= 4 is 34.6 Å². The Kier molecular flexibility index (Phi) is 10.5. The second kappa shape index (κ2) is 12.6. The average Bonchev–Trinajstić information content (AvgIpc) is 2.72. The molecule has 2 rings (SSSR count). The van der Waals surface area contributed by atoms with E-state index in [9.17, 15) is 15.0 Å². The molecule has 0 radical (unpaired) electrons. The van der Waals surface area contributed by atoms with E-state index < -0.39 is 24.6 Å². The fourth-order valence-electron chi connectivity index (χ4n) is 3.85. The van der Waals surface area contributed by atoms with Crippen LogP contribution in [0.15, 0.2) is 30.3 Å². The van der Waals surface area contributed by atoms with Crippen molar-refractivity contribution in [1.82, 2.24) is 4.98 Å². The van der Waals surface area contributed by atoms with Gasteiger partial charge in [-0.3, -0.25) is 9.78 Å². The molecule has 0 unspecified atom stereocenters. The summed E-state index contributed by atoms with van der Waals surface area (Å²) in [6.07, 6.45) is 0.888. The van der Waals surface area contributed by atoms with Gasteiger partial charge in [0.15, 0.2) is 0 Å². The first-order valence-electron chi connectivity index (χ1n) is 11.1. The molecule has 3 N–H and O–H groups in total. The molecule has 0 aliphatic carbocycles. The number of aliphatic carboxylic acids is 1. The molecule has 0 saturated carbocycles. The molecule has 0 spiro atoms. The van der Waals surface area contributed by atoms with Crippen LogP contribution < -0.4 is 0 Å².